The third-order valence-corrected chi connectivity index (χ3v) is 3.59. The van der Waals surface area contributed by atoms with E-state index in [2.05, 4.69) is 4.99 Å². The van der Waals surface area contributed by atoms with E-state index in [-0.39, 0.29) is 5.82 Å². The highest BCUT2D eigenvalue weighted by Crippen LogP contribution is 2.18. The van der Waals surface area contributed by atoms with Crippen LogP contribution in [0.4, 0.5) is 4.39 Å². The summed E-state index contributed by atoms with van der Waals surface area (Å²) in [4.78, 5) is 16.1. The lowest BCUT2D eigenvalue weighted by Crippen LogP contribution is -2.05. The molecule has 3 nitrogen and oxygen atoms in total. The maximum absolute atomic E-state index is 12.9. The molecule has 0 saturated carbocycles. The Hall–Kier alpha value is -2.75. The van der Waals surface area contributed by atoms with E-state index in [0.29, 0.717) is 24.4 Å². The molecule has 3 rings (SSSR count). The van der Waals surface area contributed by atoms with Gasteiger partial charge in [-0.1, -0.05) is 42.0 Å². The average Bonchev–Trinajstić information content (AvgIpc) is 2.89. The Kier molecular flexibility index (Phi) is 4.33. The smallest absolute Gasteiger partial charge is 0.363 e. The first kappa shape index (κ1) is 15.2. The van der Waals surface area contributed by atoms with E-state index in [1.54, 1.807) is 18.2 Å². The van der Waals surface area contributed by atoms with Crippen molar-refractivity contribution >= 4 is 17.9 Å². The summed E-state index contributed by atoms with van der Waals surface area (Å²) in [5.41, 5.74) is 3.35. The van der Waals surface area contributed by atoms with Gasteiger partial charge in [0.25, 0.3) is 0 Å². The molecule has 0 bridgehead atoms. The Morgan fingerprint density at radius 3 is 2.43 bits per heavy atom. The lowest BCUT2D eigenvalue weighted by Gasteiger charge is -2.00. The maximum Gasteiger partial charge on any atom is 0.363 e. The number of esters is 1. The molecule has 0 atom stereocenters. The normalized spacial score (nSPS) is 15.7. The highest BCUT2D eigenvalue weighted by molar-refractivity contribution is 6.07. The Balaban J connectivity index is 1.68. The molecule has 23 heavy (non-hydrogen) atoms. The molecule has 0 saturated heterocycles. The van der Waals surface area contributed by atoms with Crippen molar-refractivity contribution in [1.82, 2.24) is 0 Å². The van der Waals surface area contributed by atoms with Crippen LogP contribution in [0.3, 0.4) is 0 Å². The molecule has 116 valence electrons. The Morgan fingerprint density at radius 1 is 1.04 bits per heavy atom. The summed E-state index contributed by atoms with van der Waals surface area (Å²) < 4.78 is 18.0. The zero-order chi connectivity index (χ0) is 16.2. The van der Waals surface area contributed by atoms with Gasteiger partial charge >= 0.3 is 5.97 Å². The molecule has 0 aliphatic carbocycles. The van der Waals surface area contributed by atoms with Crippen LogP contribution in [0.15, 0.2) is 59.2 Å². The van der Waals surface area contributed by atoms with Gasteiger partial charge in [-0.05, 0) is 42.7 Å². The van der Waals surface area contributed by atoms with Crippen LogP contribution in [-0.2, 0) is 16.0 Å². The van der Waals surface area contributed by atoms with Crippen molar-refractivity contribution in [2.75, 3.05) is 0 Å². The number of hydrogen-bond acceptors (Lipinski definition) is 3. The van der Waals surface area contributed by atoms with Crippen molar-refractivity contribution in [2.24, 2.45) is 4.99 Å². The van der Waals surface area contributed by atoms with Gasteiger partial charge in [0.1, 0.15) is 5.82 Å². The monoisotopic (exact) mass is 309 g/mol. The molecular formula is C19H16FNO2. The molecule has 2 aromatic rings. The molecule has 0 N–H and O–H groups in total. The fourth-order valence-electron chi connectivity index (χ4n) is 2.28. The molecule has 0 aromatic heterocycles. The summed E-state index contributed by atoms with van der Waals surface area (Å²) in [5, 5.41) is 0. The predicted molar refractivity (Wildman–Crippen MR) is 87.4 cm³/mol. The van der Waals surface area contributed by atoms with Crippen molar-refractivity contribution in [2.45, 2.75) is 19.8 Å². The predicted octanol–water partition coefficient (Wildman–Crippen LogP) is 4.06. The Bertz CT molecular complexity index is 774. The third-order valence-electron chi connectivity index (χ3n) is 3.59. The summed E-state index contributed by atoms with van der Waals surface area (Å²) in [6.45, 7) is 2.01. The fourth-order valence-corrected chi connectivity index (χ4v) is 2.28. The minimum absolute atomic E-state index is 0.262. The topological polar surface area (TPSA) is 38.7 Å². The largest absolute Gasteiger partial charge is 0.407 e. The number of aliphatic imine (C=N–C) groups is 1. The zero-order valence-corrected chi connectivity index (χ0v) is 12.8. The van der Waals surface area contributed by atoms with Crippen LogP contribution in [-0.4, -0.2) is 11.9 Å². The number of benzene rings is 2. The van der Waals surface area contributed by atoms with Gasteiger partial charge in [0.05, 0.1) is 0 Å². The molecular weight excluding hydrogens is 293 g/mol. The molecule has 0 amide bonds. The van der Waals surface area contributed by atoms with E-state index in [4.69, 9.17) is 4.74 Å². The molecule has 4 heteroatoms. The molecule has 0 radical (unpaired) electrons. The highest BCUT2D eigenvalue weighted by atomic mass is 19.1. The first-order valence-electron chi connectivity index (χ1n) is 7.43. The number of carbonyl (C=O) groups is 1. The fraction of sp³-hybridized carbons (Fsp3) is 0.158. The minimum Gasteiger partial charge on any atom is -0.407 e. The van der Waals surface area contributed by atoms with Gasteiger partial charge < -0.3 is 4.74 Å². The van der Waals surface area contributed by atoms with E-state index < -0.39 is 5.97 Å². The second kappa shape index (κ2) is 6.57. The number of aryl methyl sites for hydroxylation is 2. The van der Waals surface area contributed by atoms with Crippen LogP contribution in [0.2, 0.25) is 0 Å². The van der Waals surface area contributed by atoms with Gasteiger partial charge in [-0.2, -0.15) is 0 Å². The summed E-state index contributed by atoms with van der Waals surface area (Å²) in [6.07, 6.45) is 2.86. The summed E-state index contributed by atoms with van der Waals surface area (Å²) in [7, 11) is 0. The Morgan fingerprint density at radius 2 is 1.74 bits per heavy atom. The lowest BCUT2D eigenvalue weighted by molar-refractivity contribution is -0.130. The van der Waals surface area contributed by atoms with E-state index in [0.717, 1.165) is 16.7 Å². The van der Waals surface area contributed by atoms with Crippen molar-refractivity contribution in [3.05, 3.63) is 76.7 Å². The Labute approximate surface area is 134 Å². The zero-order valence-electron chi connectivity index (χ0n) is 12.8. The van der Waals surface area contributed by atoms with Crippen LogP contribution in [0.25, 0.3) is 6.08 Å². The van der Waals surface area contributed by atoms with Crippen molar-refractivity contribution < 1.29 is 13.9 Å². The molecule has 0 spiro atoms. The van der Waals surface area contributed by atoms with Crippen LogP contribution in [0, 0.1) is 12.7 Å². The maximum atomic E-state index is 12.9. The van der Waals surface area contributed by atoms with E-state index in [1.165, 1.54) is 12.1 Å². The van der Waals surface area contributed by atoms with Gasteiger partial charge in [0.2, 0.25) is 0 Å². The molecule has 1 aliphatic rings. The van der Waals surface area contributed by atoms with E-state index in [9.17, 15) is 9.18 Å². The van der Waals surface area contributed by atoms with Crippen LogP contribution >= 0.6 is 0 Å². The number of rotatable bonds is 4. The SMILES string of the molecule is Cc1ccc(/C=C2/N=C(CCc3ccc(F)cc3)OC2=O)cc1. The first-order valence-corrected chi connectivity index (χ1v) is 7.43. The number of cyclic esters (lactones) is 1. The van der Waals surface area contributed by atoms with Crippen molar-refractivity contribution in [3.63, 3.8) is 0 Å². The standard InChI is InChI=1S/C19H16FNO2/c1-13-2-4-15(5-3-13)12-17-19(22)23-18(21-17)11-8-14-6-9-16(20)10-7-14/h2-7,9-10,12H,8,11H2,1H3/b17-12+. The summed E-state index contributed by atoms with van der Waals surface area (Å²) in [5.74, 6) is -0.293. The summed E-state index contributed by atoms with van der Waals surface area (Å²) >= 11 is 0. The second-order valence-corrected chi connectivity index (χ2v) is 5.46. The number of ether oxygens (including phenoxy) is 1. The lowest BCUT2D eigenvalue weighted by atomic mass is 10.1. The molecule has 0 unspecified atom stereocenters. The third kappa shape index (κ3) is 3.92. The number of hydrogen-bond donors (Lipinski definition) is 0. The van der Waals surface area contributed by atoms with Crippen LogP contribution in [0.5, 0.6) is 0 Å². The van der Waals surface area contributed by atoms with Crippen LogP contribution in [0.1, 0.15) is 23.1 Å². The number of carbonyl (C=O) groups excluding carboxylic acids is 1. The minimum atomic E-state index is -0.431. The molecule has 2 aromatic carbocycles. The van der Waals surface area contributed by atoms with Gasteiger partial charge in [-0.25, -0.2) is 14.2 Å². The highest BCUT2D eigenvalue weighted by Gasteiger charge is 2.22. The quantitative estimate of drug-likeness (QED) is 0.631. The van der Waals surface area contributed by atoms with Crippen molar-refractivity contribution in [3.8, 4) is 0 Å². The average molecular weight is 309 g/mol. The first-order chi connectivity index (χ1) is 11.1. The van der Waals surface area contributed by atoms with Gasteiger partial charge in [-0.15, -0.1) is 0 Å². The summed E-state index contributed by atoms with van der Waals surface area (Å²) in [6, 6.07) is 14.1. The van der Waals surface area contributed by atoms with Crippen LogP contribution < -0.4 is 0 Å². The molecule has 0 fully saturated rings. The number of halogens is 1. The number of nitrogens with zero attached hydrogens (tertiary/aromatic N) is 1. The van der Waals surface area contributed by atoms with Gasteiger partial charge in [0, 0.05) is 6.42 Å². The van der Waals surface area contributed by atoms with Gasteiger partial charge in [0.15, 0.2) is 11.6 Å². The van der Waals surface area contributed by atoms with E-state index in [1.807, 2.05) is 31.2 Å². The van der Waals surface area contributed by atoms with Gasteiger partial charge in [-0.3, -0.25) is 0 Å². The molecule has 1 aliphatic heterocycles. The second-order valence-electron chi connectivity index (χ2n) is 5.46. The van der Waals surface area contributed by atoms with E-state index >= 15 is 0 Å². The molecule has 1 heterocycles. The van der Waals surface area contributed by atoms with Crippen molar-refractivity contribution in [1.29, 1.82) is 0 Å².